The Balaban J connectivity index is 1.61. The summed E-state index contributed by atoms with van der Waals surface area (Å²) in [6.45, 7) is 4.20. The van der Waals surface area contributed by atoms with Crippen molar-refractivity contribution in [3.05, 3.63) is 91.3 Å². The molecule has 0 aliphatic carbocycles. The van der Waals surface area contributed by atoms with Gasteiger partial charge in [-0.3, -0.25) is 4.79 Å². The second-order valence-corrected chi connectivity index (χ2v) is 8.67. The minimum Gasteiger partial charge on any atom is -0.494 e. The van der Waals surface area contributed by atoms with Gasteiger partial charge in [0.05, 0.1) is 29.4 Å². The van der Waals surface area contributed by atoms with E-state index in [1.165, 1.54) is 6.07 Å². The average molecular weight is 487 g/mol. The van der Waals surface area contributed by atoms with Crippen LogP contribution in [-0.4, -0.2) is 28.8 Å². The predicted octanol–water partition coefficient (Wildman–Crippen LogP) is 5.06. The van der Waals surface area contributed by atoms with Crippen LogP contribution in [0.3, 0.4) is 0 Å². The van der Waals surface area contributed by atoms with Crippen molar-refractivity contribution >= 4 is 34.9 Å². The van der Waals surface area contributed by atoms with E-state index >= 15 is 0 Å². The van der Waals surface area contributed by atoms with Crippen LogP contribution in [0.15, 0.2) is 53.3 Å². The summed E-state index contributed by atoms with van der Waals surface area (Å²) in [5, 5.41) is 9.60. The molecule has 0 atom stereocenters. The third-order valence-electron chi connectivity index (χ3n) is 5.85. The lowest BCUT2D eigenvalue weighted by atomic mass is 10.1. The van der Waals surface area contributed by atoms with Crippen LogP contribution in [0.25, 0.3) is 0 Å². The standard InChI is InChI=1S/C25H24Cl2N2O4/c1-2-33-23-5-3-4-21-18(23)11-12-28(21)15-22-19(26)14-20(27)24(30)29(22)13-10-16-6-8-17(9-7-16)25(31)32/h3-9,14H,2,10-13,15H2,1H3,(H,31,32). The molecule has 0 fully saturated rings. The summed E-state index contributed by atoms with van der Waals surface area (Å²) >= 11 is 12.7. The number of nitrogens with zero attached hydrogens (tertiary/aromatic N) is 2. The van der Waals surface area contributed by atoms with Crippen molar-refractivity contribution < 1.29 is 14.6 Å². The largest absolute Gasteiger partial charge is 0.494 e. The zero-order valence-corrected chi connectivity index (χ0v) is 19.7. The van der Waals surface area contributed by atoms with Crippen molar-refractivity contribution in [1.29, 1.82) is 0 Å². The van der Waals surface area contributed by atoms with Gasteiger partial charge in [-0.15, -0.1) is 0 Å². The molecule has 1 aliphatic heterocycles. The number of aryl methyl sites for hydroxylation is 1. The lowest BCUT2D eigenvalue weighted by molar-refractivity contribution is 0.0697. The fraction of sp³-hybridized carbons (Fsp3) is 0.280. The van der Waals surface area contributed by atoms with Crippen molar-refractivity contribution in [1.82, 2.24) is 4.57 Å². The fourth-order valence-electron chi connectivity index (χ4n) is 4.19. The van der Waals surface area contributed by atoms with Crippen LogP contribution in [0.5, 0.6) is 5.75 Å². The summed E-state index contributed by atoms with van der Waals surface area (Å²) in [6, 6.07) is 14.1. The van der Waals surface area contributed by atoms with Crippen LogP contribution in [0, 0.1) is 0 Å². The molecule has 0 radical (unpaired) electrons. The number of carbonyl (C=O) groups is 1. The lowest BCUT2D eigenvalue weighted by Gasteiger charge is -2.23. The zero-order chi connectivity index (χ0) is 23.5. The number of aromatic carboxylic acids is 1. The number of pyridine rings is 1. The SMILES string of the molecule is CCOc1cccc2c1CCN2Cc1c(Cl)cc(Cl)c(=O)n1CCc1ccc(C(=O)O)cc1. The maximum Gasteiger partial charge on any atom is 0.335 e. The Labute approximate surface area is 201 Å². The number of anilines is 1. The fourth-order valence-corrected chi connectivity index (χ4v) is 4.73. The Morgan fingerprint density at radius 2 is 1.88 bits per heavy atom. The number of carboxylic acid groups (broad SMARTS) is 1. The van der Waals surface area contributed by atoms with Crippen molar-refractivity contribution in [2.75, 3.05) is 18.1 Å². The second-order valence-electron chi connectivity index (χ2n) is 7.85. The minimum absolute atomic E-state index is 0.0745. The van der Waals surface area contributed by atoms with E-state index in [2.05, 4.69) is 11.0 Å². The molecule has 33 heavy (non-hydrogen) atoms. The highest BCUT2D eigenvalue weighted by molar-refractivity contribution is 6.34. The number of carboxylic acids is 1. The number of ether oxygens (including phenoxy) is 1. The number of aromatic nitrogens is 1. The molecule has 6 nitrogen and oxygen atoms in total. The summed E-state index contributed by atoms with van der Waals surface area (Å²) in [5.74, 6) is -0.0815. The maximum atomic E-state index is 12.9. The number of halogens is 2. The van der Waals surface area contributed by atoms with Gasteiger partial charge in [0.15, 0.2) is 0 Å². The monoisotopic (exact) mass is 486 g/mol. The van der Waals surface area contributed by atoms with Gasteiger partial charge in [0, 0.05) is 24.3 Å². The predicted molar refractivity (Wildman–Crippen MR) is 130 cm³/mol. The third-order valence-corrected chi connectivity index (χ3v) is 6.45. The molecule has 4 rings (SSSR count). The van der Waals surface area contributed by atoms with Gasteiger partial charge in [-0.2, -0.15) is 0 Å². The smallest absolute Gasteiger partial charge is 0.335 e. The highest BCUT2D eigenvalue weighted by Crippen LogP contribution is 2.36. The molecule has 0 saturated heterocycles. The first-order chi connectivity index (χ1) is 15.9. The highest BCUT2D eigenvalue weighted by atomic mass is 35.5. The van der Waals surface area contributed by atoms with Crippen LogP contribution in [0.1, 0.15) is 34.1 Å². The Morgan fingerprint density at radius 3 is 2.58 bits per heavy atom. The first-order valence-corrected chi connectivity index (χ1v) is 11.5. The van der Waals surface area contributed by atoms with Gasteiger partial charge in [0.2, 0.25) is 0 Å². The molecular formula is C25H24Cl2N2O4. The zero-order valence-electron chi connectivity index (χ0n) is 18.2. The van der Waals surface area contributed by atoms with Gasteiger partial charge in [-0.05, 0) is 55.7 Å². The van der Waals surface area contributed by atoms with Crippen molar-refractivity contribution in [2.24, 2.45) is 0 Å². The number of fused-ring (bicyclic) bond motifs is 1. The van der Waals surface area contributed by atoms with Crippen molar-refractivity contribution in [3.8, 4) is 5.75 Å². The van der Waals surface area contributed by atoms with E-state index in [1.807, 2.05) is 19.1 Å². The van der Waals surface area contributed by atoms with E-state index in [1.54, 1.807) is 28.8 Å². The molecule has 1 aromatic heterocycles. The van der Waals surface area contributed by atoms with Crippen LogP contribution in [0.2, 0.25) is 10.0 Å². The normalized spacial score (nSPS) is 12.6. The van der Waals surface area contributed by atoms with E-state index < -0.39 is 5.97 Å². The molecule has 0 bridgehead atoms. The van der Waals surface area contributed by atoms with Crippen LogP contribution >= 0.6 is 23.2 Å². The van der Waals surface area contributed by atoms with E-state index in [-0.39, 0.29) is 16.1 Å². The number of hydrogen-bond donors (Lipinski definition) is 1. The first kappa shape index (κ1) is 23.2. The molecule has 172 valence electrons. The molecule has 0 amide bonds. The van der Waals surface area contributed by atoms with Gasteiger partial charge in [-0.25, -0.2) is 4.79 Å². The van der Waals surface area contributed by atoms with E-state index in [4.69, 9.17) is 33.0 Å². The summed E-state index contributed by atoms with van der Waals surface area (Å²) in [5.41, 5.74) is 3.79. The summed E-state index contributed by atoms with van der Waals surface area (Å²) in [7, 11) is 0. The second kappa shape index (κ2) is 9.89. The minimum atomic E-state index is -0.972. The van der Waals surface area contributed by atoms with Gasteiger partial charge in [0.1, 0.15) is 10.8 Å². The lowest BCUT2D eigenvalue weighted by Crippen LogP contribution is -2.30. The number of hydrogen-bond acceptors (Lipinski definition) is 4. The van der Waals surface area contributed by atoms with Gasteiger partial charge in [0.25, 0.3) is 5.56 Å². The molecule has 2 aromatic carbocycles. The molecule has 8 heteroatoms. The molecule has 2 heterocycles. The Morgan fingerprint density at radius 1 is 1.12 bits per heavy atom. The van der Waals surface area contributed by atoms with Crippen LogP contribution < -0.4 is 15.2 Å². The van der Waals surface area contributed by atoms with Gasteiger partial charge in [-0.1, -0.05) is 41.4 Å². The molecule has 0 unspecified atom stereocenters. The number of rotatable bonds is 8. The van der Waals surface area contributed by atoms with E-state index in [9.17, 15) is 9.59 Å². The number of benzene rings is 2. The maximum absolute atomic E-state index is 12.9. The Hall–Kier alpha value is -2.96. The van der Waals surface area contributed by atoms with Crippen molar-refractivity contribution in [3.63, 3.8) is 0 Å². The molecule has 1 aliphatic rings. The van der Waals surface area contributed by atoms with Crippen LogP contribution in [0.4, 0.5) is 5.69 Å². The summed E-state index contributed by atoms with van der Waals surface area (Å²) in [6.07, 6.45) is 1.39. The molecular weight excluding hydrogens is 463 g/mol. The van der Waals surface area contributed by atoms with Gasteiger partial charge >= 0.3 is 5.97 Å². The molecule has 3 aromatic rings. The molecule has 1 N–H and O–H groups in total. The Bertz CT molecular complexity index is 1240. The van der Waals surface area contributed by atoms with Crippen LogP contribution in [-0.2, 0) is 25.9 Å². The first-order valence-electron chi connectivity index (χ1n) is 10.8. The highest BCUT2D eigenvalue weighted by Gasteiger charge is 2.25. The topological polar surface area (TPSA) is 71.8 Å². The Kier molecular flexibility index (Phi) is 6.96. The quantitative estimate of drug-likeness (QED) is 0.481. The van der Waals surface area contributed by atoms with Crippen molar-refractivity contribution in [2.45, 2.75) is 32.9 Å². The summed E-state index contributed by atoms with van der Waals surface area (Å²) < 4.78 is 7.40. The van der Waals surface area contributed by atoms with E-state index in [0.717, 1.165) is 35.5 Å². The van der Waals surface area contributed by atoms with Gasteiger partial charge < -0.3 is 19.3 Å². The summed E-state index contributed by atoms with van der Waals surface area (Å²) in [4.78, 5) is 26.2. The molecule has 0 spiro atoms. The molecule has 0 saturated carbocycles. The van der Waals surface area contributed by atoms with E-state index in [0.29, 0.717) is 36.8 Å². The third kappa shape index (κ3) is 4.87. The average Bonchev–Trinajstić information content (AvgIpc) is 3.21.